The third-order valence-electron chi connectivity index (χ3n) is 3.53. The van der Waals surface area contributed by atoms with Crippen molar-refractivity contribution in [1.29, 1.82) is 0 Å². The van der Waals surface area contributed by atoms with Gasteiger partial charge in [-0.15, -0.1) is 0 Å². The van der Waals surface area contributed by atoms with Crippen molar-refractivity contribution in [3.8, 4) is 0 Å². The normalized spacial score (nSPS) is 28.6. The predicted molar refractivity (Wildman–Crippen MR) is 73.4 cm³/mol. The van der Waals surface area contributed by atoms with Crippen LogP contribution in [0.3, 0.4) is 0 Å². The lowest BCUT2D eigenvalue weighted by Crippen LogP contribution is -2.54. The lowest BCUT2D eigenvalue weighted by atomic mass is 10.1. The monoisotopic (exact) mass is 242 g/mol. The number of nitrogens with zero attached hydrogens (tertiary/aromatic N) is 1. The highest BCUT2D eigenvalue weighted by atomic mass is 16.5. The van der Waals surface area contributed by atoms with Gasteiger partial charge in [-0.1, -0.05) is 20.8 Å². The molecule has 1 heterocycles. The fourth-order valence-electron chi connectivity index (χ4n) is 2.47. The highest BCUT2D eigenvalue weighted by Gasteiger charge is 2.28. The summed E-state index contributed by atoms with van der Waals surface area (Å²) in [6.45, 7) is 15.4. The molecule has 0 aliphatic carbocycles. The molecule has 3 heteroatoms. The van der Waals surface area contributed by atoms with Crippen LogP contribution in [0, 0.1) is 5.92 Å². The van der Waals surface area contributed by atoms with Gasteiger partial charge < -0.3 is 10.1 Å². The van der Waals surface area contributed by atoms with Crippen molar-refractivity contribution >= 4 is 0 Å². The standard InChI is InChI=1S/C14H30N2O/c1-6-14(8-15-7-11(2)3)16-9-13(5)17-10-12(16)4/h11-15H,6-10H2,1-5H3. The molecule has 1 aliphatic heterocycles. The summed E-state index contributed by atoms with van der Waals surface area (Å²) in [6.07, 6.45) is 1.59. The Balaban J connectivity index is 2.41. The Labute approximate surface area is 107 Å². The van der Waals surface area contributed by atoms with E-state index in [4.69, 9.17) is 4.74 Å². The van der Waals surface area contributed by atoms with E-state index in [0.29, 0.717) is 18.2 Å². The topological polar surface area (TPSA) is 24.5 Å². The fourth-order valence-corrected chi connectivity index (χ4v) is 2.47. The molecule has 3 atom stereocenters. The van der Waals surface area contributed by atoms with Crippen molar-refractivity contribution < 1.29 is 4.74 Å². The van der Waals surface area contributed by atoms with Crippen LogP contribution < -0.4 is 5.32 Å². The molecular weight excluding hydrogens is 212 g/mol. The number of rotatable bonds is 6. The molecule has 3 nitrogen and oxygen atoms in total. The number of hydrogen-bond donors (Lipinski definition) is 1. The van der Waals surface area contributed by atoms with Gasteiger partial charge in [0.25, 0.3) is 0 Å². The highest BCUT2D eigenvalue weighted by molar-refractivity contribution is 4.82. The zero-order valence-electron chi connectivity index (χ0n) is 12.2. The predicted octanol–water partition coefficient (Wildman–Crippen LogP) is 2.12. The van der Waals surface area contributed by atoms with E-state index in [2.05, 4.69) is 44.8 Å². The first-order chi connectivity index (χ1) is 8.04. The summed E-state index contributed by atoms with van der Waals surface area (Å²) in [6, 6.07) is 1.20. The first-order valence-corrected chi connectivity index (χ1v) is 7.12. The molecule has 0 saturated carbocycles. The van der Waals surface area contributed by atoms with Gasteiger partial charge in [-0.05, 0) is 32.7 Å². The second-order valence-electron chi connectivity index (χ2n) is 5.80. The maximum Gasteiger partial charge on any atom is 0.0674 e. The van der Waals surface area contributed by atoms with Crippen LogP contribution in [0.5, 0.6) is 0 Å². The summed E-state index contributed by atoms with van der Waals surface area (Å²) in [5.41, 5.74) is 0. The zero-order chi connectivity index (χ0) is 12.8. The average molecular weight is 242 g/mol. The summed E-state index contributed by atoms with van der Waals surface area (Å²) in [4.78, 5) is 2.61. The number of nitrogens with one attached hydrogen (secondary N) is 1. The SMILES string of the molecule is CCC(CNCC(C)C)N1CC(C)OCC1C. The number of morpholine rings is 1. The Morgan fingerprint density at radius 2 is 2.00 bits per heavy atom. The molecule has 1 aliphatic rings. The van der Waals surface area contributed by atoms with Crippen LogP contribution in [0.1, 0.15) is 41.0 Å². The Morgan fingerprint density at radius 1 is 1.29 bits per heavy atom. The fraction of sp³-hybridized carbons (Fsp3) is 1.00. The minimum Gasteiger partial charge on any atom is -0.376 e. The summed E-state index contributed by atoms with van der Waals surface area (Å²) in [5, 5.41) is 3.59. The zero-order valence-corrected chi connectivity index (χ0v) is 12.2. The molecule has 1 saturated heterocycles. The first-order valence-electron chi connectivity index (χ1n) is 7.12. The Morgan fingerprint density at radius 3 is 2.59 bits per heavy atom. The molecule has 0 bridgehead atoms. The first kappa shape index (κ1) is 14.9. The summed E-state index contributed by atoms with van der Waals surface area (Å²) < 4.78 is 5.70. The quantitative estimate of drug-likeness (QED) is 0.772. The Hall–Kier alpha value is -0.120. The third-order valence-corrected chi connectivity index (χ3v) is 3.53. The van der Waals surface area contributed by atoms with Crippen molar-refractivity contribution in [2.75, 3.05) is 26.2 Å². The van der Waals surface area contributed by atoms with Gasteiger partial charge in [0.05, 0.1) is 12.7 Å². The molecule has 0 amide bonds. The van der Waals surface area contributed by atoms with Crippen LogP contribution in [-0.4, -0.2) is 49.3 Å². The van der Waals surface area contributed by atoms with E-state index in [1.807, 2.05) is 0 Å². The Kier molecular flexibility index (Phi) is 6.45. The van der Waals surface area contributed by atoms with E-state index >= 15 is 0 Å². The van der Waals surface area contributed by atoms with Crippen LogP contribution in [-0.2, 0) is 4.74 Å². The van der Waals surface area contributed by atoms with Crippen LogP contribution >= 0.6 is 0 Å². The molecule has 0 aromatic heterocycles. The molecule has 17 heavy (non-hydrogen) atoms. The summed E-state index contributed by atoms with van der Waals surface area (Å²) >= 11 is 0. The van der Waals surface area contributed by atoms with E-state index in [9.17, 15) is 0 Å². The van der Waals surface area contributed by atoms with Gasteiger partial charge in [0.1, 0.15) is 0 Å². The molecule has 3 unspecified atom stereocenters. The van der Waals surface area contributed by atoms with Crippen LogP contribution in [0.25, 0.3) is 0 Å². The Bertz CT molecular complexity index is 208. The maximum absolute atomic E-state index is 5.70. The molecular formula is C14H30N2O. The van der Waals surface area contributed by atoms with Gasteiger partial charge in [0, 0.05) is 25.2 Å². The van der Waals surface area contributed by atoms with E-state index in [-0.39, 0.29) is 0 Å². The third kappa shape index (κ3) is 4.94. The smallest absolute Gasteiger partial charge is 0.0674 e. The van der Waals surface area contributed by atoms with Gasteiger partial charge in [-0.25, -0.2) is 0 Å². The molecule has 0 spiro atoms. The molecule has 1 fully saturated rings. The molecule has 1 N–H and O–H groups in total. The van der Waals surface area contributed by atoms with Crippen molar-refractivity contribution in [2.45, 2.75) is 59.2 Å². The van der Waals surface area contributed by atoms with Crippen LogP contribution in [0.15, 0.2) is 0 Å². The minimum absolute atomic E-state index is 0.380. The van der Waals surface area contributed by atoms with Gasteiger partial charge >= 0.3 is 0 Å². The van der Waals surface area contributed by atoms with Crippen molar-refractivity contribution in [3.63, 3.8) is 0 Å². The van der Waals surface area contributed by atoms with Gasteiger partial charge in [-0.2, -0.15) is 0 Å². The van der Waals surface area contributed by atoms with Crippen molar-refractivity contribution in [1.82, 2.24) is 10.2 Å². The summed E-state index contributed by atoms with van der Waals surface area (Å²) in [7, 11) is 0. The molecule has 0 radical (unpaired) electrons. The average Bonchev–Trinajstić information content (AvgIpc) is 2.28. The molecule has 0 aromatic rings. The van der Waals surface area contributed by atoms with Gasteiger partial charge in [0.2, 0.25) is 0 Å². The van der Waals surface area contributed by atoms with Crippen molar-refractivity contribution in [2.24, 2.45) is 5.92 Å². The lowest BCUT2D eigenvalue weighted by Gasteiger charge is -2.42. The second kappa shape index (κ2) is 7.34. The summed E-state index contributed by atoms with van der Waals surface area (Å²) in [5.74, 6) is 0.730. The maximum atomic E-state index is 5.70. The van der Waals surface area contributed by atoms with Crippen LogP contribution in [0.4, 0.5) is 0 Å². The molecule has 1 rings (SSSR count). The lowest BCUT2D eigenvalue weighted by molar-refractivity contribution is -0.0661. The minimum atomic E-state index is 0.380. The highest BCUT2D eigenvalue weighted by Crippen LogP contribution is 2.16. The number of hydrogen-bond acceptors (Lipinski definition) is 3. The second-order valence-corrected chi connectivity index (χ2v) is 5.80. The van der Waals surface area contributed by atoms with E-state index in [0.717, 1.165) is 32.2 Å². The van der Waals surface area contributed by atoms with Crippen LogP contribution in [0.2, 0.25) is 0 Å². The number of ether oxygens (including phenoxy) is 1. The molecule has 102 valence electrons. The van der Waals surface area contributed by atoms with E-state index < -0.39 is 0 Å². The molecule has 0 aromatic carbocycles. The van der Waals surface area contributed by atoms with Crippen molar-refractivity contribution in [3.05, 3.63) is 0 Å². The largest absolute Gasteiger partial charge is 0.376 e. The van der Waals surface area contributed by atoms with Gasteiger partial charge in [-0.3, -0.25) is 4.90 Å². The van der Waals surface area contributed by atoms with E-state index in [1.54, 1.807) is 0 Å². The van der Waals surface area contributed by atoms with Gasteiger partial charge in [0.15, 0.2) is 0 Å². The van der Waals surface area contributed by atoms with E-state index in [1.165, 1.54) is 6.42 Å².